The van der Waals surface area contributed by atoms with Crippen molar-refractivity contribution in [3.8, 4) is 11.8 Å². The number of nitrogens with zero attached hydrogens (tertiary/aromatic N) is 2. The Bertz CT molecular complexity index is 999. The Morgan fingerprint density at radius 1 is 1.16 bits per heavy atom. The van der Waals surface area contributed by atoms with E-state index in [0.717, 1.165) is 59.0 Å². The van der Waals surface area contributed by atoms with Gasteiger partial charge in [0.15, 0.2) is 5.58 Å². The molecule has 1 saturated heterocycles. The highest BCUT2D eigenvalue weighted by Gasteiger charge is 2.17. The lowest BCUT2D eigenvalue weighted by atomic mass is 9.92. The maximum atomic E-state index is 8.88. The zero-order chi connectivity index (χ0) is 22.1. The number of aromatic nitrogens is 1. The number of benzene rings is 2. The number of fused-ring (bicyclic) bond motifs is 1. The fourth-order valence-electron chi connectivity index (χ4n) is 3.86. The summed E-state index contributed by atoms with van der Waals surface area (Å²) in [5, 5.41) is 20.5. The SMILES string of the molecule is CNC.Cc1c(COc2ccc(C#N)cc2)ccc2c(CCC3CCNCC3)noc12. The number of ether oxygens (including phenoxy) is 1. The molecule has 6 nitrogen and oxygen atoms in total. The molecule has 2 N–H and O–H groups in total. The summed E-state index contributed by atoms with van der Waals surface area (Å²) < 4.78 is 11.6. The van der Waals surface area contributed by atoms with Gasteiger partial charge in [0.1, 0.15) is 12.4 Å². The van der Waals surface area contributed by atoms with Crippen LogP contribution in [0, 0.1) is 24.2 Å². The minimum atomic E-state index is 0.457. The van der Waals surface area contributed by atoms with Crippen LogP contribution in [-0.2, 0) is 13.0 Å². The maximum Gasteiger partial charge on any atom is 0.170 e. The van der Waals surface area contributed by atoms with Gasteiger partial charge < -0.3 is 19.9 Å². The van der Waals surface area contributed by atoms with Crippen molar-refractivity contribution in [1.29, 1.82) is 5.26 Å². The van der Waals surface area contributed by atoms with Crippen LogP contribution in [0.25, 0.3) is 11.0 Å². The van der Waals surface area contributed by atoms with Crippen LogP contribution in [0.4, 0.5) is 0 Å². The van der Waals surface area contributed by atoms with Gasteiger partial charge in [-0.2, -0.15) is 5.26 Å². The van der Waals surface area contributed by atoms with Gasteiger partial charge in [0.25, 0.3) is 0 Å². The molecule has 4 rings (SSSR count). The number of nitrogens with one attached hydrogen (secondary N) is 2. The van der Waals surface area contributed by atoms with E-state index in [-0.39, 0.29) is 0 Å². The molecule has 1 aliphatic heterocycles. The number of aryl methyl sites for hydroxylation is 2. The van der Waals surface area contributed by atoms with Crippen LogP contribution in [0.2, 0.25) is 0 Å². The molecule has 0 bridgehead atoms. The van der Waals surface area contributed by atoms with Crippen molar-refractivity contribution in [1.82, 2.24) is 15.8 Å². The summed E-state index contributed by atoms with van der Waals surface area (Å²) in [5.74, 6) is 1.54. The topological polar surface area (TPSA) is 83.1 Å². The van der Waals surface area contributed by atoms with Gasteiger partial charge >= 0.3 is 0 Å². The first-order valence-electron chi connectivity index (χ1n) is 10.9. The molecule has 31 heavy (non-hydrogen) atoms. The van der Waals surface area contributed by atoms with Crippen LogP contribution in [-0.4, -0.2) is 32.3 Å². The third-order valence-corrected chi connectivity index (χ3v) is 5.70. The van der Waals surface area contributed by atoms with Gasteiger partial charge in [0.2, 0.25) is 0 Å². The number of hydrogen-bond acceptors (Lipinski definition) is 6. The van der Waals surface area contributed by atoms with E-state index in [9.17, 15) is 0 Å². The van der Waals surface area contributed by atoms with Gasteiger partial charge in [-0.3, -0.25) is 0 Å². The monoisotopic (exact) mass is 420 g/mol. The van der Waals surface area contributed by atoms with Gasteiger partial charge in [-0.05, 0) is 102 Å². The van der Waals surface area contributed by atoms with Crippen LogP contribution in [0.5, 0.6) is 5.75 Å². The Balaban J connectivity index is 0.000000858. The lowest BCUT2D eigenvalue weighted by molar-refractivity contribution is 0.305. The Kier molecular flexibility index (Phi) is 8.45. The molecule has 1 aliphatic rings. The average molecular weight is 421 g/mol. The molecule has 1 aromatic heterocycles. The Morgan fingerprint density at radius 2 is 1.87 bits per heavy atom. The fourth-order valence-corrected chi connectivity index (χ4v) is 3.86. The molecular formula is C25H32N4O2. The maximum absolute atomic E-state index is 8.88. The van der Waals surface area contributed by atoms with E-state index < -0.39 is 0 Å². The smallest absolute Gasteiger partial charge is 0.170 e. The second-order valence-electron chi connectivity index (χ2n) is 8.01. The summed E-state index contributed by atoms with van der Waals surface area (Å²) in [7, 11) is 3.75. The standard InChI is InChI=1S/C23H25N3O2.C2H7N/c1-16-19(15-27-20-6-2-18(14-24)3-7-20)5-8-21-22(26-28-23(16)21)9-4-17-10-12-25-13-11-17;1-3-2/h2-3,5-8,17,25H,4,9-13,15H2,1H3;3H,1-2H3. The molecule has 164 valence electrons. The number of hydrogen-bond donors (Lipinski definition) is 2. The predicted molar refractivity (Wildman–Crippen MR) is 123 cm³/mol. The fraction of sp³-hybridized carbons (Fsp3) is 0.440. The second-order valence-corrected chi connectivity index (χ2v) is 8.01. The summed E-state index contributed by atoms with van der Waals surface area (Å²) in [6.45, 7) is 4.78. The zero-order valence-electron chi connectivity index (χ0n) is 18.7. The largest absolute Gasteiger partial charge is 0.489 e. The Hall–Kier alpha value is -2.88. The first-order chi connectivity index (χ1) is 15.2. The molecule has 0 atom stereocenters. The van der Waals surface area contributed by atoms with E-state index in [1.54, 1.807) is 12.1 Å². The van der Waals surface area contributed by atoms with Crippen LogP contribution in [0.1, 0.15) is 41.6 Å². The first-order valence-corrected chi connectivity index (χ1v) is 10.9. The summed E-state index contributed by atoms with van der Waals surface area (Å²) in [6.07, 6.45) is 4.65. The summed E-state index contributed by atoms with van der Waals surface area (Å²) in [4.78, 5) is 0. The number of piperidine rings is 1. The lowest BCUT2D eigenvalue weighted by Crippen LogP contribution is -2.27. The number of rotatable bonds is 6. The van der Waals surface area contributed by atoms with Gasteiger partial charge in [0, 0.05) is 10.9 Å². The van der Waals surface area contributed by atoms with Gasteiger partial charge in [-0.1, -0.05) is 11.2 Å². The highest BCUT2D eigenvalue weighted by atomic mass is 16.5. The van der Waals surface area contributed by atoms with E-state index in [2.05, 4.69) is 40.9 Å². The van der Waals surface area contributed by atoms with Crippen LogP contribution in [0.3, 0.4) is 0 Å². The minimum absolute atomic E-state index is 0.457. The molecule has 0 unspecified atom stereocenters. The molecule has 0 radical (unpaired) electrons. The molecule has 0 amide bonds. The molecule has 0 aliphatic carbocycles. The third-order valence-electron chi connectivity index (χ3n) is 5.70. The van der Waals surface area contributed by atoms with E-state index in [1.807, 2.05) is 26.2 Å². The third kappa shape index (κ3) is 6.06. The summed E-state index contributed by atoms with van der Waals surface area (Å²) in [6, 6.07) is 13.5. The van der Waals surface area contributed by atoms with Crippen molar-refractivity contribution in [2.75, 3.05) is 27.2 Å². The lowest BCUT2D eigenvalue weighted by Gasteiger charge is -2.21. The summed E-state index contributed by atoms with van der Waals surface area (Å²) in [5.41, 5.74) is 4.71. The van der Waals surface area contributed by atoms with Crippen LogP contribution < -0.4 is 15.4 Å². The Labute approximate surface area is 184 Å². The molecule has 6 heteroatoms. The molecule has 2 heterocycles. The molecular weight excluding hydrogens is 388 g/mol. The van der Waals surface area contributed by atoms with E-state index in [4.69, 9.17) is 14.5 Å². The minimum Gasteiger partial charge on any atom is -0.489 e. The second kappa shape index (κ2) is 11.5. The molecule has 0 spiro atoms. The summed E-state index contributed by atoms with van der Waals surface area (Å²) >= 11 is 0. The van der Waals surface area contributed by atoms with Crippen molar-refractivity contribution in [2.45, 2.75) is 39.2 Å². The molecule has 2 aromatic carbocycles. The van der Waals surface area contributed by atoms with Crippen molar-refractivity contribution in [2.24, 2.45) is 5.92 Å². The normalized spacial score (nSPS) is 14.0. The van der Waals surface area contributed by atoms with E-state index in [0.29, 0.717) is 12.2 Å². The van der Waals surface area contributed by atoms with Crippen LogP contribution in [0.15, 0.2) is 40.9 Å². The van der Waals surface area contributed by atoms with Gasteiger partial charge in [-0.15, -0.1) is 0 Å². The Morgan fingerprint density at radius 3 is 2.55 bits per heavy atom. The average Bonchev–Trinajstić information content (AvgIpc) is 3.23. The van der Waals surface area contributed by atoms with Crippen molar-refractivity contribution in [3.05, 3.63) is 58.8 Å². The van der Waals surface area contributed by atoms with Gasteiger partial charge in [-0.25, -0.2) is 0 Å². The molecule has 3 aromatic rings. The first kappa shape index (κ1) is 22.8. The molecule has 0 saturated carbocycles. The zero-order valence-corrected chi connectivity index (χ0v) is 18.7. The quantitative estimate of drug-likeness (QED) is 0.617. The molecule has 1 fully saturated rings. The van der Waals surface area contributed by atoms with Gasteiger partial charge in [0.05, 0.1) is 17.3 Å². The van der Waals surface area contributed by atoms with Crippen molar-refractivity contribution in [3.63, 3.8) is 0 Å². The highest BCUT2D eigenvalue weighted by Crippen LogP contribution is 2.28. The van der Waals surface area contributed by atoms with Crippen LogP contribution >= 0.6 is 0 Å². The highest BCUT2D eigenvalue weighted by molar-refractivity contribution is 5.83. The predicted octanol–water partition coefficient (Wildman–Crippen LogP) is 4.35. The number of nitriles is 1. The van der Waals surface area contributed by atoms with Crippen molar-refractivity contribution < 1.29 is 9.26 Å². The van der Waals surface area contributed by atoms with Crippen molar-refractivity contribution >= 4 is 11.0 Å². The van der Waals surface area contributed by atoms with E-state index >= 15 is 0 Å². The van der Waals surface area contributed by atoms with E-state index in [1.165, 1.54) is 19.3 Å².